The fourth-order valence-corrected chi connectivity index (χ4v) is 3.64. The predicted molar refractivity (Wildman–Crippen MR) is 96.4 cm³/mol. The number of nitrogens with one attached hydrogen (secondary N) is 1. The molecule has 0 saturated carbocycles. The first kappa shape index (κ1) is 17.7. The second-order valence-electron chi connectivity index (χ2n) is 7.07. The van der Waals surface area contributed by atoms with Crippen LogP contribution in [0.1, 0.15) is 12.8 Å². The highest BCUT2D eigenvalue weighted by atomic mass is 16.5. The van der Waals surface area contributed by atoms with Crippen LogP contribution < -0.4 is 10.1 Å². The van der Waals surface area contributed by atoms with E-state index in [1.54, 1.807) is 0 Å². The molecule has 1 atom stereocenters. The summed E-state index contributed by atoms with van der Waals surface area (Å²) in [6.45, 7) is 9.01. The van der Waals surface area contributed by atoms with Crippen LogP contribution in [0, 0.1) is 5.92 Å². The van der Waals surface area contributed by atoms with Crippen molar-refractivity contribution in [2.75, 3.05) is 59.0 Å². The van der Waals surface area contributed by atoms with Gasteiger partial charge in [-0.1, -0.05) is 18.2 Å². The molecule has 0 aliphatic carbocycles. The van der Waals surface area contributed by atoms with Gasteiger partial charge in [0.2, 0.25) is 0 Å². The molecule has 0 bridgehead atoms. The molecule has 2 saturated heterocycles. The third-order valence-electron chi connectivity index (χ3n) is 5.09. The summed E-state index contributed by atoms with van der Waals surface area (Å²) in [5, 5.41) is 13.6. The summed E-state index contributed by atoms with van der Waals surface area (Å²) in [5.74, 6) is 1.69. The van der Waals surface area contributed by atoms with E-state index in [9.17, 15) is 5.11 Å². The van der Waals surface area contributed by atoms with Crippen molar-refractivity contribution in [2.45, 2.75) is 18.9 Å². The minimum atomic E-state index is -0.429. The predicted octanol–water partition coefficient (Wildman–Crippen LogP) is 1.04. The number of aliphatic hydroxyl groups excluding tert-OH is 1. The molecule has 3 rings (SSSR count). The number of β-amino-alcohol motifs (C(OH)–C–C–N with tert-alkyl or cyclic N) is 1. The number of ether oxygens (including phenoxy) is 1. The van der Waals surface area contributed by atoms with Crippen molar-refractivity contribution in [1.29, 1.82) is 0 Å². The number of rotatable bonds is 7. The highest BCUT2D eigenvalue weighted by molar-refractivity contribution is 5.20. The maximum Gasteiger partial charge on any atom is 0.119 e. The zero-order chi connectivity index (χ0) is 16.6. The van der Waals surface area contributed by atoms with Gasteiger partial charge in [0, 0.05) is 39.3 Å². The van der Waals surface area contributed by atoms with Crippen LogP contribution in [0.4, 0.5) is 0 Å². The summed E-state index contributed by atoms with van der Waals surface area (Å²) in [6, 6.07) is 9.71. The van der Waals surface area contributed by atoms with E-state index >= 15 is 0 Å². The van der Waals surface area contributed by atoms with E-state index in [1.807, 2.05) is 30.3 Å². The summed E-state index contributed by atoms with van der Waals surface area (Å²) in [6.07, 6.45) is 2.20. The molecule has 2 fully saturated rings. The highest BCUT2D eigenvalue weighted by Crippen LogP contribution is 2.15. The van der Waals surface area contributed by atoms with Gasteiger partial charge in [0.25, 0.3) is 0 Å². The van der Waals surface area contributed by atoms with Gasteiger partial charge in [0.05, 0.1) is 0 Å². The van der Waals surface area contributed by atoms with Crippen molar-refractivity contribution in [3.8, 4) is 5.75 Å². The van der Waals surface area contributed by atoms with Crippen LogP contribution in [0.15, 0.2) is 30.3 Å². The Hall–Kier alpha value is -1.14. The fraction of sp³-hybridized carbons (Fsp3) is 0.684. The molecule has 5 nitrogen and oxygen atoms in total. The van der Waals surface area contributed by atoms with Crippen molar-refractivity contribution in [2.24, 2.45) is 5.92 Å². The lowest BCUT2D eigenvalue weighted by atomic mass is 9.97. The largest absolute Gasteiger partial charge is 0.491 e. The third-order valence-corrected chi connectivity index (χ3v) is 5.09. The average Bonchev–Trinajstić information content (AvgIpc) is 2.63. The van der Waals surface area contributed by atoms with E-state index in [1.165, 1.54) is 32.5 Å². The third kappa shape index (κ3) is 5.74. The average molecular weight is 333 g/mol. The van der Waals surface area contributed by atoms with Crippen molar-refractivity contribution in [3.63, 3.8) is 0 Å². The molecule has 134 valence electrons. The van der Waals surface area contributed by atoms with Gasteiger partial charge in [0.1, 0.15) is 18.5 Å². The number of hydrogen-bond donors (Lipinski definition) is 2. The zero-order valence-electron chi connectivity index (χ0n) is 14.6. The Bertz CT molecular complexity index is 457. The van der Waals surface area contributed by atoms with E-state index in [0.29, 0.717) is 13.2 Å². The van der Waals surface area contributed by atoms with Gasteiger partial charge >= 0.3 is 0 Å². The van der Waals surface area contributed by atoms with Crippen LogP contribution in [-0.2, 0) is 0 Å². The van der Waals surface area contributed by atoms with Gasteiger partial charge in [-0.05, 0) is 44.0 Å². The molecule has 2 aliphatic heterocycles. The van der Waals surface area contributed by atoms with Gasteiger partial charge in [-0.25, -0.2) is 0 Å². The Kier molecular flexibility index (Phi) is 6.90. The van der Waals surface area contributed by atoms with Crippen LogP contribution in [-0.4, -0.2) is 80.0 Å². The number of para-hydroxylation sites is 1. The summed E-state index contributed by atoms with van der Waals surface area (Å²) < 4.78 is 5.64. The summed E-state index contributed by atoms with van der Waals surface area (Å²) >= 11 is 0. The lowest BCUT2D eigenvalue weighted by molar-refractivity contribution is 0.0419. The molecule has 0 radical (unpaired) electrons. The first-order chi connectivity index (χ1) is 11.8. The minimum absolute atomic E-state index is 0.360. The SMILES string of the molecule is OC(COc1ccccc1)CN1CCN(CC2CCNCC2)CC1. The Labute approximate surface area is 145 Å². The van der Waals surface area contributed by atoms with Crippen LogP contribution in [0.2, 0.25) is 0 Å². The fourth-order valence-electron chi connectivity index (χ4n) is 3.64. The van der Waals surface area contributed by atoms with E-state index in [-0.39, 0.29) is 0 Å². The van der Waals surface area contributed by atoms with Gasteiger partial charge in [-0.3, -0.25) is 4.90 Å². The van der Waals surface area contributed by atoms with E-state index in [4.69, 9.17) is 4.74 Å². The Morgan fingerprint density at radius 3 is 2.42 bits per heavy atom. The van der Waals surface area contributed by atoms with Crippen molar-refractivity contribution in [3.05, 3.63) is 30.3 Å². The molecule has 0 aromatic heterocycles. The van der Waals surface area contributed by atoms with E-state index in [0.717, 1.165) is 37.8 Å². The first-order valence-electron chi connectivity index (χ1n) is 9.31. The van der Waals surface area contributed by atoms with Crippen LogP contribution in [0.25, 0.3) is 0 Å². The Morgan fingerprint density at radius 2 is 1.71 bits per heavy atom. The second-order valence-corrected chi connectivity index (χ2v) is 7.07. The quantitative estimate of drug-likeness (QED) is 0.781. The number of hydrogen-bond acceptors (Lipinski definition) is 5. The molecular formula is C19H31N3O2. The normalized spacial score (nSPS) is 22.4. The molecule has 1 aromatic carbocycles. The zero-order valence-corrected chi connectivity index (χ0v) is 14.6. The number of piperidine rings is 1. The molecule has 0 amide bonds. The smallest absolute Gasteiger partial charge is 0.119 e. The van der Waals surface area contributed by atoms with Gasteiger partial charge in [-0.15, -0.1) is 0 Å². The van der Waals surface area contributed by atoms with E-state index < -0.39 is 6.10 Å². The maximum absolute atomic E-state index is 10.2. The topological polar surface area (TPSA) is 48.0 Å². The van der Waals surface area contributed by atoms with Gasteiger partial charge in [0.15, 0.2) is 0 Å². The standard InChI is InChI=1S/C19H31N3O2/c23-18(16-24-19-4-2-1-3-5-19)15-22-12-10-21(11-13-22)14-17-6-8-20-9-7-17/h1-5,17-18,20,23H,6-16H2. The van der Waals surface area contributed by atoms with Crippen LogP contribution >= 0.6 is 0 Å². The number of nitrogens with zero attached hydrogens (tertiary/aromatic N) is 2. The van der Waals surface area contributed by atoms with Gasteiger partial charge in [-0.2, -0.15) is 0 Å². The molecule has 2 heterocycles. The van der Waals surface area contributed by atoms with E-state index in [2.05, 4.69) is 15.1 Å². The lowest BCUT2D eigenvalue weighted by Crippen LogP contribution is -2.50. The molecule has 2 aliphatic rings. The number of aliphatic hydroxyl groups is 1. The summed E-state index contributed by atoms with van der Waals surface area (Å²) in [7, 11) is 0. The molecule has 0 spiro atoms. The van der Waals surface area contributed by atoms with Crippen LogP contribution in [0.3, 0.4) is 0 Å². The Balaban J connectivity index is 1.31. The molecule has 2 N–H and O–H groups in total. The maximum atomic E-state index is 10.2. The molecular weight excluding hydrogens is 302 g/mol. The summed E-state index contributed by atoms with van der Waals surface area (Å²) in [4.78, 5) is 4.96. The molecule has 1 unspecified atom stereocenters. The molecule has 1 aromatic rings. The van der Waals surface area contributed by atoms with Gasteiger partial charge < -0.3 is 20.1 Å². The lowest BCUT2D eigenvalue weighted by Gasteiger charge is -2.37. The minimum Gasteiger partial charge on any atom is -0.491 e. The number of piperazine rings is 1. The van der Waals surface area contributed by atoms with Crippen molar-refractivity contribution in [1.82, 2.24) is 15.1 Å². The van der Waals surface area contributed by atoms with Crippen molar-refractivity contribution < 1.29 is 9.84 Å². The van der Waals surface area contributed by atoms with Crippen molar-refractivity contribution >= 4 is 0 Å². The second kappa shape index (κ2) is 9.37. The number of benzene rings is 1. The Morgan fingerprint density at radius 1 is 1.04 bits per heavy atom. The first-order valence-corrected chi connectivity index (χ1v) is 9.31. The molecule has 5 heteroatoms. The van der Waals surface area contributed by atoms with Crippen LogP contribution in [0.5, 0.6) is 5.75 Å². The summed E-state index contributed by atoms with van der Waals surface area (Å²) in [5.41, 5.74) is 0. The monoisotopic (exact) mass is 333 g/mol. The molecule has 24 heavy (non-hydrogen) atoms. The highest BCUT2D eigenvalue weighted by Gasteiger charge is 2.22.